The van der Waals surface area contributed by atoms with Gasteiger partial charge in [-0.1, -0.05) is 12.7 Å². The molecule has 2 fully saturated rings. The number of allylic oxidation sites excluding steroid dienone is 2. The molecule has 186 valence electrons. The van der Waals surface area contributed by atoms with Gasteiger partial charge in [0.2, 0.25) is 0 Å². The van der Waals surface area contributed by atoms with E-state index in [1.807, 2.05) is 38.7 Å². The topological polar surface area (TPSA) is 111 Å². The van der Waals surface area contributed by atoms with Crippen LogP contribution in [0, 0.1) is 5.41 Å². The van der Waals surface area contributed by atoms with Crippen LogP contribution in [0.15, 0.2) is 28.9 Å². The number of carbonyl (C=O) groups excluding carboxylic acids is 1. The number of amidine groups is 1. The van der Waals surface area contributed by atoms with Gasteiger partial charge in [0.05, 0.1) is 18.4 Å². The number of methoxy groups -OCH3 is 1. The molecule has 0 radical (unpaired) electrons. The molecule has 1 heterocycles. The molecular weight excluding hydrogens is 420 g/mol. The summed E-state index contributed by atoms with van der Waals surface area (Å²) in [6, 6.07) is -0.220. The molecule has 1 aliphatic carbocycles. The van der Waals surface area contributed by atoms with Crippen molar-refractivity contribution in [2.24, 2.45) is 4.99 Å². The van der Waals surface area contributed by atoms with E-state index in [4.69, 9.17) is 14.9 Å². The van der Waals surface area contributed by atoms with Gasteiger partial charge in [0.1, 0.15) is 18.2 Å². The Morgan fingerprint density at radius 1 is 1.39 bits per heavy atom. The summed E-state index contributed by atoms with van der Waals surface area (Å²) in [4.78, 5) is 19.7. The van der Waals surface area contributed by atoms with E-state index in [2.05, 4.69) is 27.5 Å². The first-order valence-electron chi connectivity index (χ1n) is 11.9. The first-order chi connectivity index (χ1) is 15.8. The summed E-state index contributed by atoms with van der Waals surface area (Å²) in [7, 11) is 1.67. The molecule has 0 aromatic heterocycles. The highest BCUT2D eigenvalue weighted by Gasteiger charge is 2.41. The molecule has 0 aromatic carbocycles. The lowest BCUT2D eigenvalue weighted by molar-refractivity contribution is -0.146. The maximum atomic E-state index is 13.3. The maximum Gasteiger partial charge on any atom is 0.253 e. The van der Waals surface area contributed by atoms with Crippen molar-refractivity contribution in [1.82, 2.24) is 20.9 Å². The first kappa shape index (κ1) is 27.2. The van der Waals surface area contributed by atoms with Gasteiger partial charge in [-0.3, -0.25) is 10.1 Å². The smallest absolute Gasteiger partial charge is 0.253 e. The fourth-order valence-corrected chi connectivity index (χ4v) is 3.78. The molecule has 1 saturated heterocycles. The number of carbonyl (C=O) groups is 1. The van der Waals surface area contributed by atoms with Gasteiger partial charge in [-0.15, -0.1) is 0 Å². The number of nitrogens with zero attached hydrogens (tertiary/aromatic N) is 2. The minimum atomic E-state index is -0.493. The van der Waals surface area contributed by atoms with Gasteiger partial charge >= 0.3 is 0 Å². The third-order valence-corrected chi connectivity index (χ3v) is 5.80. The molecule has 0 aromatic rings. The number of morpholine rings is 1. The second-order valence-electron chi connectivity index (χ2n) is 8.64. The zero-order chi connectivity index (χ0) is 24.4. The lowest BCUT2D eigenvalue weighted by Gasteiger charge is -2.35. The van der Waals surface area contributed by atoms with Crippen molar-refractivity contribution in [3.8, 4) is 0 Å². The third-order valence-electron chi connectivity index (χ3n) is 5.80. The quantitative estimate of drug-likeness (QED) is 0.144. The molecule has 0 bridgehead atoms. The van der Waals surface area contributed by atoms with Crippen LogP contribution in [-0.4, -0.2) is 86.7 Å². The number of aliphatic imine (C=N–C) groups is 1. The highest BCUT2D eigenvalue weighted by atomic mass is 16.5. The Kier molecular flexibility index (Phi) is 11.2. The van der Waals surface area contributed by atoms with Crippen molar-refractivity contribution in [2.75, 3.05) is 39.9 Å². The van der Waals surface area contributed by atoms with E-state index in [-0.39, 0.29) is 24.2 Å². The van der Waals surface area contributed by atoms with Crippen molar-refractivity contribution >= 4 is 17.5 Å². The van der Waals surface area contributed by atoms with E-state index in [1.165, 1.54) is 0 Å². The van der Waals surface area contributed by atoms with E-state index in [9.17, 15) is 4.79 Å². The van der Waals surface area contributed by atoms with Crippen LogP contribution < -0.4 is 16.0 Å². The second kappa shape index (κ2) is 13.6. The van der Waals surface area contributed by atoms with Gasteiger partial charge < -0.3 is 30.4 Å². The van der Waals surface area contributed by atoms with Crippen molar-refractivity contribution in [1.29, 1.82) is 5.41 Å². The van der Waals surface area contributed by atoms with Gasteiger partial charge in [-0.05, 0) is 53.5 Å². The van der Waals surface area contributed by atoms with Gasteiger partial charge in [0.15, 0.2) is 0 Å². The summed E-state index contributed by atoms with van der Waals surface area (Å²) in [5, 5.41) is 18.9. The second-order valence-corrected chi connectivity index (χ2v) is 8.64. The predicted molar refractivity (Wildman–Crippen MR) is 133 cm³/mol. The van der Waals surface area contributed by atoms with E-state index < -0.39 is 6.10 Å². The molecule has 2 rings (SSSR count). The number of amides is 1. The Hall–Kier alpha value is -2.07. The van der Waals surface area contributed by atoms with Crippen LogP contribution in [-0.2, 0) is 14.3 Å². The summed E-state index contributed by atoms with van der Waals surface area (Å²) in [6.45, 7) is 14.8. The van der Waals surface area contributed by atoms with Crippen molar-refractivity contribution in [2.45, 2.75) is 71.4 Å². The molecular formula is C24H42N6O3. The summed E-state index contributed by atoms with van der Waals surface area (Å²) >= 11 is 0. The third kappa shape index (κ3) is 8.33. The van der Waals surface area contributed by atoms with Gasteiger partial charge in [0.25, 0.3) is 5.91 Å². The monoisotopic (exact) mass is 462 g/mol. The predicted octanol–water partition coefficient (Wildman–Crippen LogP) is 1.81. The Labute approximate surface area is 198 Å². The maximum absolute atomic E-state index is 13.3. The highest BCUT2D eigenvalue weighted by molar-refractivity contribution is 6.24. The van der Waals surface area contributed by atoms with Gasteiger partial charge in [0, 0.05) is 44.1 Å². The fraction of sp³-hybridized carbons (Fsp3) is 0.708. The standard InChI is InChI=1S/C24H42N6O3/c1-7-20(23(29-16(2)3)28-12-8-11-27-18(5)32-6)22(25)17(4)30(19-9-10-19)24(31)21-15-26-13-14-33-21/h7,17-19,21,25-27H,2,8-15H2,1,3-6H3,(H,28,29)/b20-7-,25-22?/t17-,18?,21-/m1/s1. The Morgan fingerprint density at radius 3 is 2.67 bits per heavy atom. The summed E-state index contributed by atoms with van der Waals surface area (Å²) in [5.41, 5.74) is 1.70. The lowest BCUT2D eigenvalue weighted by atomic mass is 10.0. The molecule has 4 N–H and O–H groups in total. The van der Waals surface area contributed by atoms with Gasteiger partial charge in [-0.2, -0.15) is 0 Å². The van der Waals surface area contributed by atoms with Crippen LogP contribution in [0.4, 0.5) is 0 Å². The summed E-state index contributed by atoms with van der Waals surface area (Å²) in [6.07, 6.45) is 4.18. The van der Waals surface area contributed by atoms with Crippen molar-refractivity contribution in [3.05, 3.63) is 23.9 Å². The van der Waals surface area contributed by atoms with Crippen LogP contribution in [0.1, 0.15) is 47.0 Å². The van der Waals surface area contributed by atoms with E-state index in [0.29, 0.717) is 42.5 Å². The fourth-order valence-electron chi connectivity index (χ4n) is 3.78. The van der Waals surface area contributed by atoms with Crippen molar-refractivity contribution < 1.29 is 14.3 Å². The minimum absolute atomic E-state index is 0.00275. The molecule has 9 nitrogen and oxygen atoms in total. The lowest BCUT2D eigenvalue weighted by Crippen LogP contribution is -2.54. The Morgan fingerprint density at radius 2 is 2.12 bits per heavy atom. The number of hydrogen-bond donors (Lipinski definition) is 4. The average molecular weight is 463 g/mol. The van der Waals surface area contributed by atoms with E-state index in [0.717, 1.165) is 32.4 Å². The SMILES string of the molecule is C=C(C)/N=C(NCCCNC(C)OC)\C(=C/C)C(=N)[C@@H](C)N(C(=O)[C@H]1CNCCO1)C1CC1. The average Bonchev–Trinajstić information content (AvgIpc) is 3.64. The minimum Gasteiger partial charge on any atom is -0.369 e. The molecule has 1 unspecified atom stereocenters. The summed E-state index contributed by atoms with van der Waals surface area (Å²) < 4.78 is 10.9. The van der Waals surface area contributed by atoms with E-state index in [1.54, 1.807) is 7.11 Å². The Balaban J connectivity index is 2.09. The zero-order valence-electron chi connectivity index (χ0n) is 20.9. The van der Waals surface area contributed by atoms with Crippen LogP contribution >= 0.6 is 0 Å². The van der Waals surface area contributed by atoms with Crippen molar-refractivity contribution in [3.63, 3.8) is 0 Å². The van der Waals surface area contributed by atoms with E-state index >= 15 is 0 Å². The molecule has 2 aliphatic rings. The molecule has 1 amide bonds. The van der Waals surface area contributed by atoms with Crippen LogP contribution in [0.2, 0.25) is 0 Å². The normalized spacial score (nSPS) is 21.3. The largest absolute Gasteiger partial charge is 0.369 e. The molecule has 1 aliphatic heterocycles. The number of hydrogen-bond acceptors (Lipinski definition) is 7. The number of rotatable bonds is 13. The Bertz CT molecular complexity index is 740. The van der Waals surface area contributed by atoms with Crippen LogP contribution in [0.3, 0.4) is 0 Å². The molecule has 0 spiro atoms. The zero-order valence-corrected chi connectivity index (χ0v) is 20.9. The molecule has 3 atom stereocenters. The summed E-state index contributed by atoms with van der Waals surface area (Å²) in [5.74, 6) is 0.572. The molecule has 9 heteroatoms. The van der Waals surface area contributed by atoms with Crippen LogP contribution in [0.25, 0.3) is 0 Å². The molecule has 33 heavy (non-hydrogen) atoms. The number of ether oxygens (including phenoxy) is 2. The van der Waals surface area contributed by atoms with Crippen LogP contribution in [0.5, 0.6) is 0 Å². The molecule has 1 saturated carbocycles. The highest BCUT2D eigenvalue weighted by Crippen LogP contribution is 2.31. The number of nitrogens with one attached hydrogen (secondary N) is 4. The van der Waals surface area contributed by atoms with Gasteiger partial charge in [-0.25, -0.2) is 4.99 Å². The first-order valence-corrected chi connectivity index (χ1v) is 11.9.